The topological polar surface area (TPSA) is 264 Å². The first-order valence-electron chi connectivity index (χ1n) is 15.4. The van der Waals surface area contributed by atoms with Crippen LogP contribution in [0.15, 0.2) is 0 Å². The number of Topliss-reactive ketones (excluding diaryl/α,β-unsaturated/α-hetero) is 1. The van der Waals surface area contributed by atoms with Gasteiger partial charge < -0.3 is 56.9 Å². The highest BCUT2D eigenvalue weighted by atomic mass is 32.2. The summed E-state index contributed by atoms with van der Waals surface area (Å²) in [6.07, 6.45) is 7.17. The summed E-state index contributed by atoms with van der Waals surface area (Å²) >= 11 is 3.61. The molecule has 0 saturated carbocycles. The molecule has 348 valence electrons. The molecule has 24 heteroatoms. The summed E-state index contributed by atoms with van der Waals surface area (Å²) in [5.41, 5.74) is 0. The van der Waals surface area contributed by atoms with Crippen LogP contribution in [0.1, 0.15) is 34.6 Å². The summed E-state index contributed by atoms with van der Waals surface area (Å²) in [6.45, 7) is 7.39. The van der Waals surface area contributed by atoms with Crippen LogP contribution < -0.4 is 0 Å². The molecule has 0 aromatic rings. The van der Waals surface area contributed by atoms with Gasteiger partial charge in [-0.1, -0.05) is 6.92 Å². The second-order valence-electron chi connectivity index (χ2n) is 8.60. The Balaban J connectivity index is -0.0000000554. The summed E-state index contributed by atoms with van der Waals surface area (Å²) in [5, 5.41) is 0. The molecular weight excluding hydrogens is 829 g/mol. The molecule has 0 bridgehead atoms. The lowest BCUT2D eigenvalue weighted by Gasteiger charge is -2.01. The smallest absolute Gasteiger partial charge is 0.344 e. The fraction of sp³-hybridized carbons (Fsp3) is 0.788. The van der Waals surface area contributed by atoms with Crippen LogP contribution in [0.3, 0.4) is 0 Å². The molecule has 0 atom stereocenters. The molecule has 0 rings (SSSR count). The number of carbonyl (C=O) groups excluding carboxylic acids is 7. The average Bonchev–Trinajstić information content (AvgIpc) is 3.14. The van der Waals surface area contributed by atoms with Gasteiger partial charge in [-0.15, -0.1) is 0 Å². The Kier molecular flexibility index (Phi) is 102. The van der Waals surface area contributed by atoms with Gasteiger partial charge in [0, 0.05) is 56.5 Å². The van der Waals surface area contributed by atoms with Gasteiger partial charge in [0.2, 0.25) is 0 Å². The number of ketones is 1. The molecule has 0 aromatic carbocycles. The first-order chi connectivity index (χ1) is 26.4. The van der Waals surface area contributed by atoms with Gasteiger partial charge in [0.15, 0.2) is 13.2 Å². The monoisotopic (exact) mass is 900 g/mol. The van der Waals surface area contributed by atoms with E-state index in [-0.39, 0.29) is 44.1 Å². The number of carbonyl (C=O) groups is 7. The van der Waals surface area contributed by atoms with Crippen molar-refractivity contribution in [3.8, 4) is 0 Å². The normalized spacial score (nSPS) is 8.21. The van der Waals surface area contributed by atoms with Gasteiger partial charge >= 0.3 is 35.8 Å². The van der Waals surface area contributed by atoms with E-state index in [9.17, 15) is 42.0 Å². The zero-order valence-electron chi connectivity index (χ0n) is 37.5. The summed E-state index contributed by atoms with van der Waals surface area (Å²) < 4.78 is 70.9. The minimum atomic E-state index is -3.16. The molecule has 57 heavy (non-hydrogen) atoms. The van der Waals surface area contributed by atoms with E-state index in [0.717, 1.165) is 13.4 Å². The molecule has 0 amide bonds. The van der Waals surface area contributed by atoms with Crippen molar-refractivity contribution in [2.45, 2.75) is 34.6 Å². The molecule has 0 unspecified atom stereocenters. The van der Waals surface area contributed by atoms with Crippen LogP contribution in [-0.4, -0.2) is 192 Å². The number of esters is 6. The van der Waals surface area contributed by atoms with Crippen molar-refractivity contribution < 1.29 is 98.3 Å². The van der Waals surface area contributed by atoms with Crippen LogP contribution in [-0.2, 0) is 100.0 Å². The van der Waals surface area contributed by atoms with E-state index in [1.807, 2.05) is 24.3 Å². The molecule has 0 aliphatic heterocycles. The molecular formula is C33H72O21S3. The van der Waals surface area contributed by atoms with E-state index < -0.39 is 34.0 Å². The third kappa shape index (κ3) is 189. The Morgan fingerprint density at radius 3 is 0.877 bits per heavy atom. The zero-order chi connectivity index (χ0) is 47.7. The van der Waals surface area contributed by atoms with Crippen molar-refractivity contribution in [2.24, 2.45) is 0 Å². The van der Waals surface area contributed by atoms with Crippen LogP contribution in [0.4, 0.5) is 0 Å². The molecule has 0 radical (unpaired) electrons. The molecule has 0 saturated heterocycles. The van der Waals surface area contributed by atoms with Crippen LogP contribution in [0.25, 0.3) is 0 Å². The van der Waals surface area contributed by atoms with Crippen molar-refractivity contribution in [3.63, 3.8) is 0 Å². The van der Waals surface area contributed by atoms with Crippen LogP contribution in [0.5, 0.6) is 0 Å². The molecule has 0 aromatic heterocycles. The molecule has 0 aliphatic rings. The summed E-state index contributed by atoms with van der Waals surface area (Å²) in [7, 11) is 12.3. The van der Waals surface area contributed by atoms with Gasteiger partial charge in [-0.3, -0.25) is 13.8 Å². The second-order valence-corrected chi connectivity index (χ2v) is 12.3. The van der Waals surface area contributed by atoms with E-state index in [4.69, 9.17) is 0 Å². The Morgan fingerprint density at radius 2 is 0.737 bits per heavy atom. The maximum absolute atomic E-state index is 10.5. The number of thioether (sulfide) groups is 2. The molecule has 0 spiro atoms. The Morgan fingerprint density at radius 1 is 0.491 bits per heavy atom. The maximum Gasteiger partial charge on any atom is 0.344 e. The van der Waals surface area contributed by atoms with Crippen molar-refractivity contribution in [1.29, 1.82) is 0 Å². The van der Waals surface area contributed by atoms with Gasteiger partial charge in [-0.2, -0.15) is 31.9 Å². The Bertz CT molecular complexity index is 970. The fourth-order valence-corrected chi connectivity index (χ4v) is 0.872. The summed E-state index contributed by atoms with van der Waals surface area (Å²) in [6, 6.07) is 0. The maximum atomic E-state index is 10.5. The van der Waals surface area contributed by atoms with Gasteiger partial charge in [0.1, 0.15) is 25.8 Å². The number of ether oxygens (including phenoxy) is 11. The van der Waals surface area contributed by atoms with Crippen molar-refractivity contribution in [2.75, 3.05) is 142 Å². The standard InChI is InChI=1S/C6H10O5.C5H8O4.C4H8O3.C3H8O2.C3H6O2.C3H6O.C3H8S.C2H6O3S.C2H6O.C2H6S/c1-9-3-6(8)11-4-5(7)10-2;1-4(6)9-3-5(7)8-2;1-6-3-4(5)7-2;1-4-3-5-2;1-3(4)5-2;1-3(2)4;1-3-4-2;1-5-6(2,3)4;2*1-3-2/h3-4H2,1-2H3;3H2,1-2H3;3H2,1-2H3;3H2,1-2H3;1-2H3;1-2H3;3H2,1-2H3;1-2H3;2*1-2H3. The average molecular weight is 901 g/mol. The summed E-state index contributed by atoms with van der Waals surface area (Å²) in [4.78, 5) is 70.2. The highest BCUT2D eigenvalue weighted by molar-refractivity contribution is 7.98. The van der Waals surface area contributed by atoms with E-state index in [0.29, 0.717) is 6.79 Å². The highest BCUT2D eigenvalue weighted by Gasteiger charge is 2.05. The Hall–Kier alpha value is -3.10. The molecule has 21 nitrogen and oxygen atoms in total. The van der Waals surface area contributed by atoms with Gasteiger partial charge in [-0.25, -0.2) is 19.2 Å². The van der Waals surface area contributed by atoms with Crippen LogP contribution >= 0.6 is 23.5 Å². The lowest BCUT2D eigenvalue weighted by Crippen LogP contribution is -2.17. The lowest BCUT2D eigenvalue weighted by molar-refractivity contribution is -0.159. The van der Waals surface area contributed by atoms with Crippen LogP contribution in [0, 0.1) is 0 Å². The van der Waals surface area contributed by atoms with E-state index in [1.165, 1.54) is 76.1 Å². The van der Waals surface area contributed by atoms with E-state index >= 15 is 0 Å². The van der Waals surface area contributed by atoms with E-state index in [1.54, 1.807) is 40.2 Å². The largest absolute Gasteiger partial charge is 0.469 e. The zero-order valence-corrected chi connectivity index (χ0v) is 40.0. The number of hydrogen-bond donors (Lipinski definition) is 0. The molecule has 0 aliphatic carbocycles. The lowest BCUT2D eigenvalue weighted by atomic mass is 10.6. The molecule has 0 fully saturated rings. The predicted octanol–water partition coefficient (Wildman–Crippen LogP) is 2.09. The Labute approximate surface area is 349 Å². The van der Waals surface area contributed by atoms with Gasteiger partial charge in [0.25, 0.3) is 10.1 Å². The number of methoxy groups -OCH3 is 9. The minimum Gasteiger partial charge on any atom is -0.469 e. The predicted molar refractivity (Wildman–Crippen MR) is 219 cm³/mol. The first kappa shape index (κ1) is 78.3. The van der Waals surface area contributed by atoms with Crippen molar-refractivity contribution >= 4 is 75.2 Å². The SMILES string of the molecule is CC(C)=O.CCSC.COC.COC(=O)COC(C)=O.COC(C)=O.COCC(=O)OC.COCC(=O)OCC(=O)OC.COCOC.COS(C)(=O)=O.CSC. The number of rotatable bonds is 12. The van der Waals surface area contributed by atoms with E-state index in [2.05, 4.69) is 69.5 Å². The number of hydrogen-bond acceptors (Lipinski definition) is 23. The fourth-order valence-electron chi connectivity index (χ4n) is 0.872. The highest BCUT2D eigenvalue weighted by Crippen LogP contribution is 1.84. The van der Waals surface area contributed by atoms with Crippen molar-refractivity contribution in [1.82, 2.24) is 0 Å². The third-order valence-electron chi connectivity index (χ3n) is 3.07. The van der Waals surface area contributed by atoms with Crippen LogP contribution in [0.2, 0.25) is 0 Å². The minimum absolute atomic E-state index is 0.0382. The van der Waals surface area contributed by atoms with Crippen molar-refractivity contribution in [3.05, 3.63) is 0 Å². The quantitative estimate of drug-likeness (QED) is 0.117. The van der Waals surface area contributed by atoms with Gasteiger partial charge in [0.05, 0.1) is 41.8 Å². The molecule has 0 N–H and O–H groups in total. The first-order valence-corrected chi connectivity index (χ1v) is 20.3. The third-order valence-corrected chi connectivity index (χ3v) is 4.25. The summed E-state index contributed by atoms with van der Waals surface area (Å²) in [5.74, 6) is -1.40. The molecule has 0 heterocycles. The van der Waals surface area contributed by atoms with Gasteiger partial charge in [-0.05, 0) is 38.4 Å². The second kappa shape index (κ2) is 73.9.